The lowest BCUT2D eigenvalue weighted by molar-refractivity contribution is 0.681. The van der Waals surface area contributed by atoms with E-state index in [2.05, 4.69) is 39.1 Å². The van der Waals surface area contributed by atoms with E-state index in [1.165, 1.54) is 24.0 Å². The van der Waals surface area contributed by atoms with Crippen molar-refractivity contribution in [1.82, 2.24) is 14.9 Å². The van der Waals surface area contributed by atoms with E-state index in [1.54, 1.807) is 0 Å². The van der Waals surface area contributed by atoms with Crippen LogP contribution in [0.15, 0.2) is 36.7 Å². The molecule has 0 bridgehead atoms. The summed E-state index contributed by atoms with van der Waals surface area (Å²) in [6.07, 6.45) is 7.74. The zero-order valence-corrected chi connectivity index (χ0v) is 11.5. The molecule has 1 aliphatic rings. The summed E-state index contributed by atoms with van der Waals surface area (Å²) in [6.45, 7) is 4.05. The molecule has 1 N–H and O–H groups in total. The number of benzene rings is 1. The van der Waals surface area contributed by atoms with Gasteiger partial charge in [-0.05, 0) is 43.9 Å². The number of hydrogen-bond acceptors (Lipinski definition) is 2. The van der Waals surface area contributed by atoms with Gasteiger partial charge >= 0.3 is 0 Å². The smallest absolute Gasteiger partial charge is 0.105 e. The minimum absolute atomic E-state index is 0.809. The molecule has 1 fully saturated rings. The van der Waals surface area contributed by atoms with Crippen molar-refractivity contribution >= 4 is 0 Å². The molecular weight excluding hydrogens is 234 g/mol. The van der Waals surface area contributed by atoms with Gasteiger partial charge in [0, 0.05) is 25.0 Å². The minimum atomic E-state index is 0.809. The van der Waals surface area contributed by atoms with Crippen molar-refractivity contribution in [3.63, 3.8) is 0 Å². The molecule has 3 rings (SSSR count). The molecule has 0 unspecified atom stereocenters. The fourth-order valence-electron chi connectivity index (χ4n) is 2.29. The number of hydrogen-bond donors (Lipinski definition) is 1. The highest BCUT2D eigenvalue weighted by atomic mass is 15.0. The summed E-state index contributed by atoms with van der Waals surface area (Å²) in [4.78, 5) is 4.25. The van der Waals surface area contributed by atoms with Crippen LogP contribution in [0.5, 0.6) is 0 Å². The Labute approximate surface area is 114 Å². The van der Waals surface area contributed by atoms with Gasteiger partial charge in [0.2, 0.25) is 0 Å². The highest BCUT2D eigenvalue weighted by Gasteiger charge is 2.19. The average Bonchev–Trinajstić information content (AvgIpc) is 3.16. The van der Waals surface area contributed by atoms with Crippen LogP contribution in [-0.4, -0.2) is 22.1 Å². The first-order chi connectivity index (χ1) is 9.31. The topological polar surface area (TPSA) is 29.9 Å². The van der Waals surface area contributed by atoms with Gasteiger partial charge in [-0.1, -0.05) is 24.3 Å². The molecule has 1 saturated carbocycles. The number of imidazole rings is 1. The van der Waals surface area contributed by atoms with Crippen molar-refractivity contribution in [1.29, 1.82) is 0 Å². The third-order valence-corrected chi connectivity index (χ3v) is 3.72. The van der Waals surface area contributed by atoms with E-state index in [0.29, 0.717) is 0 Å². The molecule has 0 aliphatic heterocycles. The van der Waals surface area contributed by atoms with E-state index in [0.717, 1.165) is 31.4 Å². The molecule has 0 atom stereocenters. The van der Waals surface area contributed by atoms with Crippen LogP contribution in [0, 0.1) is 6.92 Å². The van der Waals surface area contributed by atoms with Crippen LogP contribution in [0.3, 0.4) is 0 Å². The Hall–Kier alpha value is -1.61. The molecule has 3 heteroatoms. The lowest BCUT2D eigenvalue weighted by Crippen LogP contribution is -2.19. The quantitative estimate of drug-likeness (QED) is 0.859. The summed E-state index contributed by atoms with van der Waals surface area (Å²) in [5.74, 6) is 1.07. The van der Waals surface area contributed by atoms with Crippen LogP contribution in [0.25, 0.3) is 0 Å². The van der Waals surface area contributed by atoms with Crippen molar-refractivity contribution in [2.24, 2.45) is 0 Å². The predicted octanol–water partition coefficient (Wildman–Crippen LogP) is 2.53. The van der Waals surface area contributed by atoms with Gasteiger partial charge in [0.1, 0.15) is 5.82 Å². The summed E-state index contributed by atoms with van der Waals surface area (Å²) in [6, 6.07) is 9.76. The van der Waals surface area contributed by atoms with E-state index in [-0.39, 0.29) is 0 Å². The first-order valence-corrected chi connectivity index (χ1v) is 7.10. The first kappa shape index (κ1) is 12.4. The van der Waals surface area contributed by atoms with Crippen molar-refractivity contribution in [2.45, 2.75) is 38.8 Å². The summed E-state index contributed by atoms with van der Waals surface area (Å²) in [5.41, 5.74) is 2.75. The SMILES string of the molecule is Cc1nccn1Cc1ccc(CCNC2CC2)cc1. The molecule has 1 aromatic carbocycles. The molecular formula is C16H21N3. The van der Waals surface area contributed by atoms with Crippen molar-refractivity contribution in [3.05, 3.63) is 53.6 Å². The second kappa shape index (κ2) is 5.57. The van der Waals surface area contributed by atoms with Crippen LogP contribution in [-0.2, 0) is 13.0 Å². The monoisotopic (exact) mass is 255 g/mol. The molecule has 2 aromatic rings. The maximum Gasteiger partial charge on any atom is 0.105 e. The highest BCUT2D eigenvalue weighted by Crippen LogP contribution is 2.18. The van der Waals surface area contributed by atoms with Crippen LogP contribution in [0.4, 0.5) is 0 Å². The number of aryl methyl sites for hydroxylation is 1. The standard InChI is InChI=1S/C16H21N3/c1-13-17-10-11-19(13)12-15-4-2-14(3-5-15)8-9-18-16-6-7-16/h2-5,10-11,16,18H,6-9,12H2,1H3. The molecule has 0 amide bonds. The lowest BCUT2D eigenvalue weighted by atomic mass is 10.1. The normalized spacial score (nSPS) is 14.8. The zero-order chi connectivity index (χ0) is 13.1. The molecule has 1 aromatic heterocycles. The van der Waals surface area contributed by atoms with E-state index in [1.807, 2.05) is 19.3 Å². The van der Waals surface area contributed by atoms with E-state index < -0.39 is 0 Å². The van der Waals surface area contributed by atoms with Crippen LogP contribution in [0.2, 0.25) is 0 Å². The van der Waals surface area contributed by atoms with E-state index >= 15 is 0 Å². The molecule has 0 spiro atoms. The molecule has 19 heavy (non-hydrogen) atoms. The molecule has 0 saturated heterocycles. The summed E-state index contributed by atoms with van der Waals surface area (Å²) < 4.78 is 2.17. The molecule has 1 heterocycles. The minimum Gasteiger partial charge on any atom is -0.331 e. The predicted molar refractivity (Wildman–Crippen MR) is 77.2 cm³/mol. The molecule has 100 valence electrons. The van der Waals surface area contributed by atoms with E-state index in [9.17, 15) is 0 Å². The van der Waals surface area contributed by atoms with Gasteiger partial charge in [-0.15, -0.1) is 0 Å². The number of rotatable bonds is 6. The van der Waals surface area contributed by atoms with Crippen molar-refractivity contribution in [2.75, 3.05) is 6.54 Å². The lowest BCUT2D eigenvalue weighted by Gasteiger charge is -2.07. The van der Waals surface area contributed by atoms with Crippen molar-refractivity contribution < 1.29 is 0 Å². The maximum absolute atomic E-state index is 4.25. The molecule has 0 radical (unpaired) electrons. The second-order valence-electron chi connectivity index (χ2n) is 5.40. The Morgan fingerprint density at radius 1 is 1.21 bits per heavy atom. The summed E-state index contributed by atoms with van der Waals surface area (Å²) >= 11 is 0. The van der Waals surface area contributed by atoms with Crippen LogP contribution in [0.1, 0.15) is 29.8 Å². The van der Waals surface area contributed by atoms with Gasteiger partial charge in [-0.3, -0.25) is 0 Å². The summed E-state index contributed by atoms with van der Waals surface area (Å²) in [7, 11) is 0. The number of nitrogens with one attached hydrogen (secondary N) is 1. The Morgan fingerprint density at radius 3 is 2.58 bits per heavy atom. The zero-order valence-electron chi connectivity index (χ0n) is 11.5. The average molecular weight is 255 g/mol. The fraction of sp³-hybridized carbons (Fsp3) is 0.438. The van der Waals surface area contributed by atoms with Gasteiger partial charge in [-0.2, -0.15) is 0 Å². The van der Waals surface area contributed by atoms with E-state index in [4.69, 9.17) is 0 Å². The third kappa shape index (κ3) is 3.44. The second-order valence-corrected chi connectivity index (χ2v) is 5.40. The number of nitrogens with zero attached hydrogens (tertiary/aromatic N) is 2. The maximum atomic E-state index is 4.25. The Balaban J connectivity index is 1.54. The Bertz CT molecular complexity index is 523. The Kier molecular flexibility index (Phi) is 3.65. The fourth-order valence-corrected chi connectivity index (χ4v) is 2.29. The van der Waals surface area contributed by atoms with Gasteiger partial charge < -0.3 is 9.88 Å². The van der Waals surface area contributed by atoms with Gasteiger partial charge in [0.15, 0.2) is 0 Å². The van der Waals surface area contributed by atoms with Gasteiger partial charge in [-0.25, -0.2) is 4.98 Å². The Morgan fingerprint density at radius 2 is 1.95 bits per heavy atom. The van der Waals surface area contributed by atoms with Crippen LogP contribution >= 0.6 is 0 Å². The third-order valence-electron chi connectivity index (χ3n) is 3.72. The molecule has 3 nitrogen and oxygen atoms in total. The largest absolute Gasteiger partial charge is 0.331 e. The van der Waals surface area contributed by atoms with Gasteiger partial charge in [0.25, 0.3) is 0 Å². The number of aromatic nitrogens is 2. The first-order valence-electron chi connectivity index (χ1n) is 7.10. The summed E-state index contributed by atoms with van der Waals surface area (Å²) in [5, 5.41) is 3.55. The van der Waals surface area contributed by atoms with Crippen LogP contribution < -0.4 is 5.32 Å². The highest BCUT2D eigenvalue weighted by molar-refractivity contribution is 5.23. The van der Waals surface area contributed by atoms with Crippen molar-refractivity contribution in [3.8, 4) is 0 Å². The molecule has 1 aliphatic carbocycles. The van der Waals surface area contributed by atoms with Gasteiger partial charge in [0.05, 0.1) is 0 Å².